The third kappa shape index (κ3) is 1.20. The summed E-state index contributed by atoms with van der Waals surface area (Å²) in [5, 5.41) is 0. The quantitative estimate of drug-likeness (QED) is 0.516. The average Bonchev–Trinajstić information content (AvgIpc) is 2.10. The van der Waals surface area contributed by atoms with Crippen molar-refractivity contribution in [3.8, 4) is 0 Å². The zero-order valence-electron chi connectivity index (χ0n) is 6.55. The van der Waals surface area contributed by atoms with Gasteiger partial charge in [-0.2, -0.15) is 0 Å². The van der Waals surface area contributed by atoms with Crippen LogP contribution < -0.4 is 0 Å². The first kappa shape index (κ1) is 7.32. The molecule has 0 saturated carbocycles. The van der Waals surface area contributed by atoms with Gasteiger partial charge in [0.15, 0.2) is 0 Å². The lowest BCUT2D eigenvalue weighted by Crippen LogP contribution is -2.09. The normalized spacial score (nSPS) is 25.0. The summed E-state index contributed by atoms with van der Waals surface area (Å²) in [5.74, 6) is 0.220. The topological polar surface area (TPSA) is 26.3 Å². The highest BCUT2D eigenvalue weighted by Crippen LogP contribution is 2.21. The van der Waals surface area contributed by atoms with E-state index in [1.807, 2.05) is 6.92 Å². The maximum Gasteiger partial charge on any atom is 0.331 e. The monoisotopic (exact) mass is 140 g/mol. The molecule has 10 heavy (non-hydrogen) atoms. The molecule has 0 aromatic heterocycles. The van der Waals surface area contributed by atoms with Crippen molar-refractivity contribution in [2.45, 2.75) is 26.9 Å². The second-order valence-corrected chi connectivity index (χ2v) is 2.88. The zero-order valence-corrected chi connectivity index (χ0v) is 6.55. The van der Waals surface area contributed by atoms with Crippen LogP contribution in [0.25, 0.3) is 0 Å². The molecular formula is C8H12O2. The van der Waals surface area contributed by atoms with E-state index in [4.69, 9.17) is 4.74 Å². The van der Waals surface area contributed by atoms with Crippen LogP contribution in [0, 0.1) is 5.92 Å². The highest BCUT2D eigenvalue weighted by Gasteiger charge is 2.23. The minimum absolute atomic E-state index is 0.00694. The van der Waals surface area contributed by atoms with Crippen LogP contribution in [0.15, 0.2) is 11.6 Å². The van der Waals surface area contributed by atoms with Crippen LogP contribution in [0.3, 0.4) is 0 Å². The van der Waals surface area contributed by atoms with Gasteiger partial charge in [-0.15, -0.1) is 0 Å². The summed E-state index contributed by atoms with van der Waals surface area (Å²) in [6, 6.07) is 0. The summed E-state index contributed by atoms with van der Waals surface area (Å²) in [6.45, 7) is 6.02. The van der Waals surface area contributed by atoms with E-state index in [-0.39, 0.29) is 12.1 Å². The fraction of sp³-hybridized carbons (Fsp3) is 0.625. The lowest BCUT2D eigenvalue weighted by atomic mass is 10.00. The summed E-state index contributed by atoms with van der Waals surface area (Å²) in [7, 11) is 0. The first-order valence-corrected chi connectivity index (χ1v) is 3.53. The molecular weight excluding hydrogens is 128 g/mol. The highest BCUT2D eigenvalue weighted by molar-refractivity contribution is 5.85. The number of esters is 1. The van der Waals surface area contributed by atoms with Gasteiger partial charge in [0.05, 0.1) is 0 Å². The summed E-state index contributed by atoms with van der Waals surface area (Å²) in [4.78, 5) is 10.7. The van der Waals surface area contributed by atoms with Crippen LogP contribution in [-0.2, 0) is 9.53 Å². The van der Waals surface area contributed by atoms with Gasteiger partial charge in [-0.05, 0) is 18.4 Å². The number of hydrogen-bond donors (Lipinski definition) is 0. The third-order valence-corrected chi connectivity index (χ3v) is 1.71. The molecule has 0 unspecified atom stereocenters. The molecule has 2 nitrogen and oxygen atoms in total. The van der Waals surface area contributed by atoms with Gasteiger partial charge in [0.1, 0.15) is 6.10 Å². The minimum Gasteiger partial charge on any atom is -0.455 e. The van der Waals surface area contributed by atoms with Gasteiger partial charge < -0.3 is 4.74 Å². The maximum absolute atomic E-state index is 10.7. The molecule has 0 N–H and O–H groups in total. The van der Waals surface area contributed by atoms with Gasteiger partial charge >= 0.3 is 5.97 Å². The molecule has 0 aromatic rings. The molecule has 0 amide bonds. The van der Waals surface area contributed by atoms with Crippen LogP contribution in [0.5, 0.6) is 0 Å². The van der Waals surface area contributed by atoms with Gasteiger partial charge in [0.2, 0.25) is 0 Å². The van der Waals surface area contributed by atoms with Gasteiger partial charge in [-0.3, -0.25) is 0 Å². The van der Waals surface area contributed by atoms with Gasteiger partial charge in [-0.25, -0.2) is 4.79 Å². The summed E-state index contributed by atoms with van der Waals surface area (Å²) in [5.41, 5.74) is 1.10. The highest BCUT2D eigenvalue weighted by atomic mass is 16.5. The molecule has 1 atom stereocenters. The van der Waals surface area contributed by atoms with Crippen molar-refractivity contribution < 1.29 is 9.53 Å². The fourth-order valence-electron chi connectivity index (χ4n) is 1.17. The molecule has 0 fully saturated rings. The number of carbonyl (C=O) groups excluding carboxylic acids is 1. The lowest BCUT2D eigenvalue weighted by molar-refractivity contribution is -0.138. The molecule has 0 aromatic carbocycles. The Balaban J connectivity index is 2.75. The zero-order chi connectivity index (χ0) is 7.72. The predicted molar refractivity (Wildman–Crippen MR) is 38.5 cm³/mol. The van der Waals surface area contributed by atoms with Gasteiger partial charge in [0, 0.05) is 6.08 Å². The van der Waals surface area contributed by atoms with E-state index < -0.39 is 0 Å². The largest absolute Gasteiger partial charge is 0.455 e. The molecule has 0 saturated heterocycles. The van der Waals surface area contributed by atoms with Crippen LogP contribution in [0.2, 0.25) is 0 Å². The van der Waals surface area contributed by atoms with Crippen molar-refractivity contribution in [2.24, 2.45) is 5.92 Å². The van der Waals surface area contributed by atoms with Crippen molar-refractivity contribution in [3.63, 3.8) is 0 Å². The standard InChI is InChI=1S/C8H12O2/c1-5(2)7-4-8(9)10-6(7)3/h4-6H,1-3H3/t6-/m0/s1. The summed E-state index contributed by atoms with van der Waals surface area (Å²) < 4.78 is 4.90. The molecule has 0 spiro atoms. The van der Waals surface area contributed by atoms with E-state index in [9.17, 15) is 4.79 Å². The van der Waals surface area contributed by atoms with E-state index in [1.54, 1.807) is 6.08 Å². The van der Waals surface area contributed by atoms with Crippen LogP contribution >= 0.6 is 0 Å². The Morgan fingerprint density at radius 3 is 2.40 bits per heavy atom. The molecule has 0 radical (unpaired) electrons. The van der Waals surface area contributed by atoms with E-state index in [0.717, 1.165) is 5.57 Å². The van der Waals surface area contributed by atoms with E-state index in [0.29, 0.717) is 5.92 Å². The predicted octanol–water partition coefficient (Wildman–Crippen LogP) is 1.51. The summed E-state index contributed by atoms with van der Waals surface area (Å²) in [6.07, 6.45) is 1.59. The Labute approximate surface area is 60.9 Å². The molecule has 1 aliphatic rings. The number of cyclic esters (lactones) is 1. The second kappa shape index (κ2) is 2.45. The molecule has 2 heteroatoms. The molecule has 1 aliphatic heterocycles. The number of hydrogen-bond acceptors (Lipinski definition) is 2. The Morgan fingerprint density at radius 1 is 1.60 bits per heavy atom. The molecule has 0 bridgehead atoms. The second-order valence-electron chi connectivity index (χ2n) is 2.88. The van der Waals surface area contributed by atoms with Gasteiger partial charge in [-0.1, -0.05) is 13.8 Å². The number of carbonyl (C=O) groups is 1. The maximum atomic E-state index is 10.7. The van der Waals surface area contributed by atoms with Crippen LogP contribution in [0.1, 0.15) is 20.8 Å². The van der Waals surface area contributed by atoms with Crippen molar-refractivity contribution in [1.82, 2.24) is 0 Å². The van der Waals surface area contributed by atoms with E-state index in [2.05, 4.69) is 13.8 Å². The minimum atomic E-state index is -0.198. The first-order valence-electron chi connectivity index (χ1n) is 3.53. The molecule has 1 heterocycles. The molecule has 56 valence electrons. The smallest absolute Gasteiger partial charge is 0.331 e. The molecule has 1 rings (SSSR count). The van der Waals surface area contributed by atoms with Crippen LogP contribution in [-0.4, -0.2) is 12.1 Å². The van der Waals surface area contributed by atoms with Crippen LogP contribution in [0.4, 0.5) is 0 Å². The molecule has 0 aliphatic carbocycles. The van der Waals surface area contributed by atoms with E-state index in [1.165, 1.54) is 0 Å². The number of rotatable bonds is 1. The summed E-state index contributed by atoms with van der Waals surface area (Å²) >= 11 is 0. The fourth-order valence-corrected chi connectivity index (χ4v) is 1.17. The number of ether oxygens (including phenoxy) is 1. The van der Waals surface area contributed by atoms with E-state index >= 15 is 0 Å². The SMILES string of the molecule is CC(C)C1=CC(=O)O[C@H]1C. The van der Waals surface area contributed by atoms with Crippen molar-refractivity contribution in [3.05, 3.63) is 11.6 Å². The Bertz CT molecular complexity index is 180. The first-order chi connectivity index (χ1) is 4.61. The van der Waals surface area contributed by atoms with Gasteiger partial charge in [0.25, 0.3) is 0 Å². The van der Waals surface area contributed by atoms with Crippen molar-refractivity contribution >= 4 is 5.97 Å². The van der Waals surface area contributed by atoms with Crippen molar-refractivity contribution in [2.75, 3.05) is 0 Å². The Hall–Kier alpha value is -0.790. The lowest BCUT2D eigenvalue weighted by Gasteiger charge is -2.10. The average molecular weight is 140 g/mol. The Kier molecular flexibility index (Phi) is 1.79. The Morgan fingerprint density at radius 2 is 2.20 bits per heavy atom. The third-order valence-electron chi connectivity index (χ3n) is 1.71. The van der Waals surface area contributed by atoms with Crippen molar-refractivity contribution in [1.29, 1.82) is 0 Å².